The maximum Gasteiger partial charge on any atom is 0.333 e. The van der Waals surface area contributed by atoms with Gasteiger partial charge < -0.3 is 0 Å². The fraction of sp³-hybridized carbons (Fsp3) is 0.667. The van der Waals surface area contributed by atoms with Crippen LogP contribution < -0.4 is 4.57 Å². The molecule has 0 spiro atoms. The van der Waals surface area contributed by atoms with Crippen molar-refractivity contribution in [2.75, 3.05) is 0 Å². The van der Waals surface area contributed by atoms with Crippen molar-refractivity contribution in [3.8, 4) is 5.40 Å². The average Bonchev–Trinajstić information content (AvgIpc) is 2.39. The quantitative estimate of drug-likeness (QED) is 0.460. The second-order valence-corrected chi connectivity index (χ2v) is 5.33. The third-order valence-electron chi connectivity index (χ3n) is 2.83. The monoisotopic (exact) mass is 238 g/mol. The molecule has 0 unspecified atom stereocenters. The van der Waals surface area contributed by atoms with Crippen LogP contribution in [0.5, 0.6) is 0 Å². The van der Waals surface area contributed by atoms with Gasteiger partial charge in [-0.05, 0) is 27.7 Å². The minimum Gasteiger partial charge on any atom is -0.219 e. The lowest BCUT2D eigenvalue weighted by Crippen LogP contribution is -2.40. The molecular weight excluding hydrogens is 218 g/mol. The van der Waals surface area contributed by atoms with E-state index in [1.54, 1.807) is 0 Å². The first-order valence-corrected chi connectivity index (χ1v) is 6.42. The van der Waals surface area contributed by atoms with Crippen LogP contribution in [0.15, 0.2) is 5.16 Å². The van der Waals surface area contributed by atoms with Crippen LogP contribution >= 0.6 is 11.8 Å². The van der Waals surface area contributed by atoms with Gasteiger partial charge >= 0.3 is 5.16 Å². The third kappa shape index (κ3) is 2.10. The van der Waals surface area contributed by atoms with Crippen molar-refractivity contribution in [2.24, 2.45) is 0 Å². The average molecular weight is 238 g/mol. The Bertz CT molecular complexity index is 393. The standard InChI is InChI=1S/C12H20N3S/c1-8(2)14-10(5)11(6)15(9(3)4)12(14)16-7-13/h8-9H,1-6H3/q+1. The summed E-state index contributed by atoms with van der Waals surface area (Å²) in [6.45, 7) is 12.8. The molecule has 0 fully saturated rings. The molecule has 0 saturated carbocycles. The highest BCUT2D eigenvalue weighted by Crippen LogP contribution is 2.24. The van der Waals surface area contributed by atoms with Crippen molar-refractivity contribution in [1.82, 2.24) is 4.57 Å². The summed E-state index contributed by atoms with van der Waals surface area (Å²) in [5.41, 5.74) is 2.50. The topological polar surface area (TPSA) is 32.6 Å². The number of imidazole rings is 1. The Hall–Kier alpha value is -0.950. The minimum atomic E-state index is 0.384. The maximum absolute atomic E-state index is 8.92. The molecule has 0 saturated heterocycles. The second kappa shape index (κ2) is 4.92. The van der Waals surface area contributed by atoms with Gasteiger partial charge in [-0.2, -0.15) is 5.26 Å². The summed E-state index contributed by atoms with van der Waals surface area (Å²) in [7, 11) is 0. The summed E-state index contributed by atoms with van der Waals surface area (Å²) in [6.07, 6.45) is 0. The van der Waals surface area contributed by atoms with Crippen LogP contribution in [0.25, 0.3) is 0 Å². The van der Waals surface area contributed by atoms with Gasteiger partial charge in [0.25, 0.3) is 0 Å². The molecule has 0 aromatic carbocycles. The van der Waals surface area contributed by atoms with Gasteiger partial charge in [-0.1, -0.05) is 0 Å². The molecule has 1 aromatic heterocycles. The summed E-state index contributed by atoms with van der Waals surface area (Å²) < 4.78 is 4.48. The van der Waals surface area contributed by atoms with Crippen LogP contribution in [-0.4, -0.2) is 4.57 Å². The fourth-order valence-corrected chi connectivity index (χ4v) is 3.08. The van der Waals surface area contributed by atoms with Crippen LogP contribution in [0.2, 0.25) is 0 Å². The van der Waals surface area contributed by atoms with Gasteiger partial charge in [0, 0.05) is 13.8 Å². The molecular formula is C12H20N3S+. The predicted molar refractivity (Wildman–Crippen MR) is 66.3 cm³/mol. The van der Waals surface area contributed by atoms with Gasteiger partial charge in [-0.15, -0.1) is 0 Å². The number of aromatic nitrogens is 2. The first kappa shape index (κ1) is 13.1. The largest absolute Gasteiger partial charge is 0.333 e. The van der Waals surface area contributed by atoms with E-state index in [0.29, 0.717) is 12.1 Å². The molecule has 0 bridgehead atoms. The van der Waals surface area contributed by atoms with Gasteiger partial charge in [-0.3, -0.25) is 0 Å². The van der Waals surface area contributed by atoms with Crippen molar-refractivity contribution in [2.45, 2.75) is 58.8 Å². The Morgan fingerprint density at radius 1 is 1.25 bits per heavy atom. The Kier molecular flexibility index (Phi) is 4.03. The van der Waals surface area contributed by atoms with Crippen LogP contribution in [0.1, 0.15) is 51.2 Å². The van der Waals surface area contributed by atoms with Crippen molar-refractivity contribution >= 4 is 11.8 Å². The van der Waals surface area contributed by atoms with Gasteiger partial charge in [0.2, 0.25) is 0 Å². The Labute approximate surface area is 102 Å². The molecule has 4 heteroatoms. The van der Waals surface area contributed by atoms with Gasteiger partial charge in [-0.25, -0.2) is 9.13 Å². The molecule has 1 aromatic rings. The highest BCUT2D eigenvalue weighted by atomic mass is 32.2. The molecule has 1 rings (SSSR count). The Balaban J connectivity index is 3.50. The van der Waals surface area contributed by atoms with E-state index in [-0.39, 0.29) is 0 Å². The molecule has 0 aliphatic rings. The molecule has 0 aliphatic carbocycles. The van der Waals surface area contributed by atoms with Crippen molar-refractivity contribution < 1.29 is 4.57 Å². The summed E-state index contributed by atoms with van der Waals surface area (Å²) >= 11 is 1.25. The first-order chi connectivity index (χ1) is 7.41. The molecule has 3 nitrogen and oxygen atoms in total. The smallest absolute Gasteiger partial charge is 0.219 e. The maximum atomic E-state index is 8.92. The third-order valence-corrected chi connectivity index (χ3v) is 3.50. The molecule has 0 atom stereocenters. The lowest BCUT2D eigenvalue weighted by Gasteiger charge is -2.07. The second-order valence-electron chi connectivity index (χ2n) is 4.57. The molecule has 0 aliphatic heterocycles. The van der Waals surface area contributed by atoms with Crippen LogP contribution in [-0.2, 0) is 0 Å². The summed E-state index contributed by atoms with van der Waals surface area (Å²) in [6, 6.07) is 0.768. The minimum absolute atomic E-state index is 0.384. The van der Waals surface area contributed by atoms with E-state index in [1.807, 2.05) is 0 Å². The normalized spacial score (nSPS) is 11.2. The van der Waals surface area contributed by atoms with E-state index < -0.39 is 0 Å². The van der Waals surface area contributed by atoms with Crippen molar-refractivity contribution in [3.05, 3.63) is 11.4 Å². The van der Waals surface area contributed by atoms with E-state index in [2.05, 4.69) is 56.1 Å². The van der Waals surface area contributed by atoms with Gasteiger partial charge in [0.05, 0.1) is 23.8 Å². The van der Waals surface area contributed by atoms with Crippen LogP contribution in [0.4, 0.5) is 0 Å². The molecule has 0 amide bonds. The lowest BCUT2D eigenvalue weighted by molar-refractivity contribution is -0.756. The number of rotatable bonds is 3. The zero-order valence-corrected chi connectivity index (χ0v) is 11.7. The molecule has 88 valence electrons. The highest BCUT2D eigenvalue weighted by molar-refractivity contribution is 8.03. The number of nitriles is 1. The Morgan fingerprint density at radius 3 is 2.19 bits per heavy atom. The zero-order valence-electron chi connectivity index (χ0n) is 10.9. The lowest BCUT2D eigenvalue weighted by atomic mass is 10.3. The molecule has 0 N–H and O–H groups in total. The van der Waals surface area contributed by atoms with Crippen LogP contribution in [0.3, 0.4) is 0 Å². The SMILES string of the molecule is Cc1c(C)[n+](C(C)C)c(SC#N)n1C(C)C. The van der Waals surface area contributed by atoms with Crippen molar-refractivity contribution in [1.29, 1.82) is 5.26 Å². The van der Waals surface area contributed by atoms with Crippen LogP contribution in [0, 0.1) is 24.5 Å². The summed E-state index contributed by atoms with van der Waals surface area (Å²) in [5.74, 6) is 0. The zero-order chi connectivity index (χ0) is 12.5. The number of hydrogen-bond acceptors (Lipinski definition) is 2. The predicted octanol–water partition coefficient (Wildman–Crippen LogP) is 3.13. The molecule has 1 heterocycles. The van der Waals surface area contributed by atoms with E-state index >= 15 is 0 Å². The van der Waals surface area contributed by atoms with E-state index in [1.165, 1.54) is 23.1 Å². The molecule has 0 radical (unpaired) electrons. The number of nitrogens with zero attached hydrogens (tertiary/aromatic N) is 3. The van der Waals surface area contributed by atoms with E-state index in [4.69, 9.17) is 5.26 Å². The van der Waals surface area contributed by atoms with Crippen molar-refractivity contribution in [3.63, 3.8) is 0 Å². The summed E-state index contributed by atoms with van der Waals surface area (Å²) in [4.78, 5) is 0. The van der Waals surface area contributed by atoms with E-state index in [9.17, 15) is 0 Å². The van der Waals surface area contributed by atoms with Gasteiger partial charge in [0.1, 0.15) is 16.8 Å². The van der Waals surface area contributed by atoms with Gasteiger partial charge in [0.15, 0.2) is 0 Å². The fourth-order valence-electron chi connectivity index (χ4n) is 2.11. The number of thioether (sulfide) groups is 1. The highest BCUT2D eigenvalue weighted by Gasteiger charge is 2.29. The number of thiocyanates is 1. The number of hydrogen-bond donors (Lipinski definition) is 0. The van der Waals surface area contributed by atoms with E-state index in [0.717, 1.165) is 5.16 Å². The summed E-state index contributed by atoms with van der Waals surface area (Å²) in [5, 5.41) is 12.2. The molecule has 16 heavy (non-hydrogen) atoms. The Morgan fingerprint density at radius 2 is 1.81 bits per heavy atom. The first-order valence-electron chi connectivity index (χ1n) is 5.60.